The molecule has 0 saturated carbocycles. The predicted octanol–water partition coefficient (Wildman–Crippen LogP) is 1.48. The Morgan fingerprint density at radius 1 is 1.64 bits per heavy atom. The van der Waals surface area contributed by atoms with E-state index in [4.69, 9.17) is 11.6 Å². The molecule has 0 aromatic heterocycles. The van der Waals surface area contributed by atoms with Crippen molar-refractivity contribution in [1.82, 2.24) is 4.90 Å². The lowest BCUT2D eigenvalue weighted by atomic mass is 9.92. The van der Waals surface area contributed by atoms with Gasteiger partial charge in [-0.15, -0.1) is 11.6 Å². The van der Waals surface area contributed by atoms with E-state index in [1.165, 1.54) is 0 Å². The van der Waals surface area contributed by atoms with Crippen LogP contribution < -0.4 is 0 Å². The van der Waals surface area contributed by atoms with E-state index in [1.54, 1.807) is 0 Å². The zero-order valence-electron chi connectivity index (χ0n) is 7.06. The zero-order valence-corrected chi connectivity index (χ0v) is 7.82. The fourth-order valence-electron chi connectivity index (χ4n) is 1.37. The molecule has 0 spiro atoms. The van der Waals surface area contributed by atoms with E-state index < -0.39 is 0 Å². The molecular formula is C8H14ClNO. The molecule has 0 bridgehead atoms. The minimum Gasteiger partial charge on any atom is -0.341 e. The van der Waals surface area contributed by atoms with Gasteiger partial charge in [0.2, 0.25) is 5.91 Å². The van der Waals surface area contributed by atoms with Crippen LogP contribution >= 0.6 is 11.6 Å². The summed E-state index contributed by atoms with van der Waals surface area (Å²) in [4.78, 5) is 13.3. The molecule has 1 rings (SSSR count). The summed E-state index contributed by atoms with van der Waals surface area (Å²) >= 11 is 5.55. The van der Waals surface area contributed by atoms with Crippen LogP contribution in [0.25, 0.3) is 0 Å². The summed E-state index contributed by atoms with van der Waals surface area (Å²) in [6.45, 7) is 5.55. The van der Waals surface area contributed by atoms with Crippen molar-refractivity contribution >= 4 is 17.5 Å². The molecule has 64 valence electrons. The smallest absolute Gasteiger partial charge is 0.228 e. The topological polar surface area (TPSA) is 20.3 Å². The standard InChI is InChI=1S/C8H14ClNO/c1-8(2)3-5-10(6-4-9)7(8)11/h3-6H2,1-2H3. The van der Waals surface area contributed by atoms with Gasteiger partial charge in [-0.1, -0.05) is 13.8 Å². The van der Waals surface area contributed by atoms with Crippen LogP contribution in [-0.4, -0.2) is 29.8 Å². The van der Waals surface area contributed by atoms with Gasteiger partial charge < -0.3 is 4.90 Å². The molecule has 11 heavy (non-hydrogen) atoms. The summed E-state index contributed by atoms with van der Waals surface area (Å²) < 4.78 is 0. The zero-order chi connectivity index (χ0) is 8.48. The second-order valence-electron chi connectivity index (χ2n) is 3.62. The molecule has 0 radical (unpaired) electrons. The fraction of sp³-hybridized carbons (Fsp3) is 0.875. The second-order valence-corrected chi connectivity index (χ2v) is 3.99. The number of hydrogen-bond acceptors (Lipinski definition) is 1. The minimum atomic E-state index is -0.147. The van der Waals surface area contributed by atoms with E-state index >= 15 is 0 Å². The normalized spacial score (nSPS) is 22.8. The van der Waals surface area contributed by atoms with Gasteiger partial charge in [-0.25, -0.2) is 0 Å². The van der Waals surface area contributed by atoms with Crippen LogP contribution in [0.4, 0.5) is 0 Å². The first-order valence-electron chi connectivity index (χ1n) is 3.93. The van der Waals surface area contributed by atoms with Crippen molar-refractivity contribution in [2.24, 2.45) is 5.41 Å². The van der Waals surface area contributed by atoms with Crippen LogP contribution in [0.15, 0.2) is 0 Å². The number of likely N-dealkylation sites (tertiary alicyclic amines) is 1. The molecule has 3 heteroatoms. The molecule has 1 amide bonds. The second kappa shape index (κ2) is 3.02. The third-order valence-electron chi connectivity index (χ3n) is 2.23. The molecule has 1 aliphatic rings. The van der Waals surface area contributed by atoms with Gasteiger partial charge >= 0.3 is 0 Å². The van der Waals surface area contributed by atoms with Gasteiger partial charge in [0.05, 0.1) is 0 Å². The summed E-state index contributed by atoms with van der Waals surface area (Å²) in [5.74, 6) is 0.792. The van der Waals surface area contributed by atoms with Crippen LogP contribution in [0, 0.1) is 5.41 Å². The fourth-order valence-corrected chi connectivity index (χ4v) is 1.57. The Kier molecular flexibility index (Phi) is 2.43. The molecule has 1 saturated heterocycles. The molecule has 0 N–H and O–H groups in total. The van der Waals surface area contributed by atoms with Crippen molar-refractivity contribution in [3.63, 3.8) is 0 Å². The Labute approximate surface area is 72.5 Å². The van der Waals surface area contributed by atoms with Gasteiger partial charge in [0.1, 0.15) is 0 Å². The number of carbonyl (C=O) groups excluding carboxylic acids is 1. The molecule has 0 unspecified atom stereocenters. The molecule has 2 nitrogen and oxygen atoms in total. The highest BCUT2D eigenvalue weighted by Gasteiger charge is 2.37. The van der Waals surface area contributed by atoms with Gasteiger partial charge in [-0.2, -0.15) is 0 Å². The van der Waals surface area contributed by atoms with Gasteiger partial charge in [0.25, 0.3) is 0 Å². The Morgan fingerprint density at radius 2 is 2.27 bits per heavy atom. The highest BCUT2D eigenvalue weighted by Crippen LogP contribution is 2.29. The number of nitrogens with zero attached hydrogens (tertiary/aromatic N) is 1. The van der Waals surface area contributed by atoms with Crippen LogP contribution in [0.1, 0.15) is 20.3 Å². The number of alkyl halides is 1. The van der Waals surface area contributed by atoms with E-state index in [1.807, 2.05) is 18.7 Å². The summed E-state index contributed by atoms with van der Waals surface area (Å²) in [7, 11) is 0. The molecule has 0 atom stereocenters. The van der Waals surface area contributed by atoms with Crippen LogP contribution in [0.3, 0.4) is 0 Å². The summed E-state index contributed by atoms with van der Waals surface area (Å²) in [6.07, 6.45) is 0.961. The van der Waals surface area contributed by atoms with Crippen molar-refractivity contribution in [3.8, 4) is 0 Å². The largest absolute Gasteiger partial charge is 0.341 e. The monoisotopic (exact) mass is 175 g/mol. The number of amides is 1. The van der Waals surface area contributed by atoms with Crippen molar-refractivity contribution in [1.29, 1.82) is 0 Å². The maximum absolute atomic E-state index is 11.5. The van der Waals surface area contributed by atoms with Gasteiger partial charge in [0.15, 0.2) is 0 Å². The number of halogens is 1. The van der Waals surface area contributed by atoms with E-state index in [-0.39, 0.29) is 11.3 Å². The molecule has 0 aliphatic carbocycles. The average molecular weight is 176 g/mol. The highest BCUT2D eigenvalue weighted by atomic mass is 35.5. The lowest BCUT2D eigenvalue weighted by Gasteiger charge is -2.17. The van der Waals surface area contributed by atoms with Crippen molar-refractivity contribution in [3.05, 3.63) is 0 Å². The van der Waals surface area contributed by atoms with Crippen LogP contribution in [-0.2, 0) is 4.79 Å². The summed E-state index contributed by atoms with van der Waals surface area (Å²) in [6, 6.07) is 0. The van der Waals surface area contributed by atoms with E-state index in [0.717, 1.165) is 13.0 Å². The lowest BCUT2D eigenvalue weighted by Crippen LogP contribution is -2.32. The van der Waals surface area contributed by atoms with Gasteiger partial charge in [-0.05, 0) is 6.42 Å². The molecule has 1 heterocycles. The van der Waals surface area contributed by atoms with Gasteiger partial charge in [0, 0.05) is 24.4 Å². The SMILES string of the molecule is CC1(C)CCN(CCCl)C1=O. The van der Waals surface area contributed by atoms with E-state index in [0.29, 0.717) is 12.4 Å². The van der Waals surface area contributed by atoms with Crippen molar-refractivity contribution in [2.75, 3.05) is 19.0 Å². The summed E-state index contributed by atoms with van der Waals surface area (Å²) in [5, 5.41) is 0. The minimum absolute atomic E-state index is 0.147. The van der Waals surface area contributed by atoms with Crippen LogP contribution in [0.2, 0.25) is 0 Å². The Bertz CT molecular complexity index is 167. The van der Waals surface area contributed by atoms with Gasteiger partial charge in [-0.3, -0.25) is 4.79 Å². The Morgan fingerprint density at radius 3 is 2.64 bits per heavy atom. The van der Waals surface area contributed by atoms with E-state index in [9.17, 15) is 4.79 Å². The first-order valence-corrected chi connectivity index (χ1v) is 4.47. The highest BCUT2D eigenvalue weighted by molar-refractivity contribution is 6.18. The lowest BCUT2D eigenvalue weighted by molar-refractivity contribution is -0.134. The Balaban J connectivity index is 2.56. The third kappa shape index (κ3) is 1.67. The quantitative estimate of drug-likeness (QED) is 0.583. The molecule has 1 fully saturated rings. The maximum Gasteiger partial charge on any atom is 0.228 e. The first-order chi connectivity index (χ1) is 5.08. The maximum atomic E-state index is 11.5. The molecule has 0 aromatic rings. The summed E-state index contributed by atoms with van der Waals surface area (Å²) in [5.41, 5.74) is -0.147. The Hall–Kier alpha value is -0.240. The number of hydrogen-bond donors (Lipinski definition) is 0. The molecular weight excluding hydrogens is 162 g/mol. The van der Waals surface area contributed by atoms with Crippen molar-refractivity contribution in [2.45, 2.75) is 20.3 Å². The molecule has 0 aromatic carbocycles. The first kappa shape index (κ1) is 8.85. The number of carbonyl (C=O) groups is 1. The van der Waals surface area contributed by atoms with Crippen molar-refractivity contribution < 1.29 is 4.79 Å². The third-order valence-corrected chi connectivity index (χ3v) is 2.40. The number of rotatable bonds is 2. The predicted molar refractivity (Wildman–Crippen MR) is 45.7 cm³/mol. The molecule has 1 aliphatic heterocycles. The average Bonchev–Trinajstić information content (AvgIpc) is 2.17. The van der Waals surface area contributed by atoms with Crippen LogP contribution in [0.5, 0.6) is 0 Å². The van der Waals surface area contributed by atoms with E-state index in [2.05, 4.69) is 0 Å².